The standard InChI is InChI=1S/C8H14N2O2/c1-5-3-8(12)10(6(5)2)4-7(9)11/h5-6H,3-4H2,1-2H3,(H2,9,11). The number of nitrogens with two attached hydrogens (primary N) is 1. The summed E-state index contributed by atoms with van der Waals surface area (Å²) in [5.41, 5.74) is 5.01. The second kappa shape index (κ2) is 3.13. The van der Waals surface area contributed by atoms with E-state index in [9.17, 15) is 9.59 Å². The van der Waals surface area contributed by atoms with E-state index in [-0.39, 0.29) is 18.5 Å². The monoisotopic (exact) mass is 170 g/mol. The largest absolute Gasteiger partial charge is 0.368 e. The molecule has 4 nitrogen and oxygen atoms in total. The van der Waals surface area contributed by atoms with E-state index in [1.807, 2.05) is 13.8 Å². The highest BCUT2D eigenvalue weighted by Crippen LogP contribution is 2.23. The molecule has 2 unspecified atom stereocenters. The summed E-state index contributed by atoms with van der Waals surface area (Å²) < 4.78 is 0. The van der Waals surface area contributed by atoms with Crippen molar-refractivity contribution >= 4 is 11.8 Å². The molecule has 0 spiro atoms. The molecule has 68 valence electrons. The van der Waals surface area contributed by atoms with E-state index in [2.05, 4.69) is 0 Å². The Morgan fingerprint density at radius 2 is 2.25 bits per heavy atom. The van der Waals surface area contributed by atoms with Crippen molar-refractivity contribution in [2.75, 3.05) is 6.54 Å². The molecule has 0 bridgehead atoms. The Hall–Kier alpha value is -1.06. The van der Waals surface area contributed by atoms with Crippen molar-refractivity contribution in [3.8, 4) is 0 Å². The molecule has 0 radical (unpaired) electrons. The van der Waals surface area contributed by atoms with Gasteiger partial charge in [0.1, 0.15) is 0 Å². The minimum atomic E-state index is -0.440. The molecule has 1 rings (SSSR count). The van der Waals surface area contributed by atoms with E-state index in [0.29, 0.717) is 12.3 Å². The molecular weight excluding hydrogens is 156 g/mol. The smallest absolute Gasteiger partial charge is 0.237 e. The summed E-state index contributed by atoms with van der Waals surface area (Å²) >= 11 is 0. The molecule has 0 aliphatic carbocycles. The number of likely N-dealkylation sites (tertiary alicyclic amines) is 1. The maximum absolute atomic E-state index is 11.2. The second-order valence-corrected chi connectivity index (χ2v) is 3.41. The first kappa shape index (κ1) is 9.03. The maximum atomic E-state index is 11.2. The van der Waals surface area contributed by atoms with Crippen LogP contribution >= 0.6 is 0 Å². The van der Waals surface area contributed by atoms with Crippen molar-refractivity contribution in [1.29, 1.82) is 0 Å². The first-order valence-electron chi connectivity index (χ1n) is 4.10. The topological polar surface area (TPSA) is 63.4 Å². The predicted octanol–water partition coefficient (Wildman–Crippen LogP) is -0.271. The molecule has 0 aromatic carbocycles. The predicted molar refractivity (Wildman–Crippen MR) is 44.2 cm³/mol. The fraction of sp³-hybridized carbons (Fsp3) is 0.750. The van der Waals surface area contributed by atoms with Crippen LogP contribution in [-0.4, -0.2) is 29.3 Å². The number of nitrogens with zero attached hydrogens (tertiary/aromatic N) is 1. The van der Waals surface area contributed by atoms with E-state index in [1.54, 1.807) is 4.90 Å². The van der Waals surface area contributed by atoms with Gasteiger partial charge in [0.05, 0.1) is 6.54 Å². The van der Waals surface area contributed by atoms with Crippen molar-refractivity contribution in [3.63, 3.8) is 0 Å². The number of carbonyl (C=O) groups excluding carboxylic acids is 2. The van der Waals surface area contributed by atoms with Crippen LogP contribution in [0.25, 0.3) is 0 Å². The van der Waals surface area contributed by atoms with Gasteiger partial charge < -0.3 is 10.6 Å². The molecule has 0 aromatic rings. The summed E-state index contributed by atoms with van der Waals surface area (Å²) in [6.07, 6.45) is 0.536. The maximum Gasteiger partial charge on any atom is 0.237 e. The molecule has 1 heterocycles. The van der Waals surface area contributed by atoms with Gasteiger partial charge in [-0.3, -0.25) is 9.59 Å². The summed E-state index contributed by atoms with van der Waals surface area (Å²) in [6, 6.07) is 0.144. The lowest BCUT2D eigenvalue weighted by atomic mass is 10.1. The highest BCUT2D eigenvalue weighted by Gasteiger charge is 2.34. The van der Waals surface area contributed by atoms with Crippen LogP contribution in [0.2, 0.25) is 0 Å². The quantitative estimate of drug-likeness (QED) is 0.620. The zero-order chi connectivity index (χ0) is 9.30. The van der Waals surface area contributed by atoms with Crippen LogP contribution < -0.4 is 5.73 Å². The molecule has 4 heteroatoms. The fourth-order valence-corrected chi connectivity index (χ4v) is 1.50. The van der Waals surface area contributed by atoms with Crippen LogP contribution in [0.4, 0.5) is 0 Å². The fourth-order valence-electron chi connectivity index (χ4n) is 1.50. The summed E-state index contributed by atoms with van der Waals surface area (Å²) in [5.74, 6) is -0.0741. The van der Waals surface area contributed by atoms with E-state index in [4.69, 9.17) is 5.73 Å². The molecule has 1 saturated heterocycles. The highest BCUT2D eigenvalue weighted by atomic mass is 16.2. The van der Waals surface area contributed by atoms with Crippen LogP contribution in [0.3, 0.4) is 0 Å². The van der Waals surface area contributed by atoms with Crippen LogP contribution in [0.1, 0.15) is 20.3 Å². The normalized spacial score (nSPS) is 29.5. The van der Waals surface area contributed by atoms with Crippen molar-refractivity contribution < 1.29 is 9.59 Å². The van der Waals surface area contributed by atoms with Gasteiger partial charge in [0.15, 0.2) is 0 Å². The van der Waals surface area contributed by atoms with Crippen LogP contribution in [0.15, 0.2) is 0 Å². The van der Waals surface area contributed by atoms with Crippen molar-refractivity contribution in [3.05, 3.63) is 0 Å². The molecule has 0 aromatic heterocycles. The van der Waals surface area contributed by atoms with Gasteiger partial charge in [0, 0.05) is 12.5 Å². The molecule has 1 fully saturated rings. The number of amides is 2. The van der Waals surface area contributed by atoms with Gasteiger partial charge >= 0.3 is 0 Å². The summed E-state index contributed by atoms with van der Waals surface area (Å²) in [7, 11) is 0. The minimum absolute atomic E-state index is 0.0359. The summed E-state index contributed by atoms with van der Waals surface area (Å²) in [5, 5.41) is 0. The lowest BCUT2D eigenvalue weighted by Gasteiger charge is -2.21. The molecule has 12 heavy (non-hydrogen) atoms. The molecule has 1 aliphatic heterocycles. The Kier molecular flexibility index (Phi) is 2.35. The van der Waals surface area contributed by atoms with Crippen LogP contribution in [-0.2, 0) is 9.59 Å². The average molecular weight is 170 g/mol. The Labute approximate surface area is 71.7 Å². The Balaban J connectivity index is 2.63. The molecule has 2 atom stereocenters. The van der Waals surface area contributed by atoms with E-state index < -0.39 is 5.91 Å². The van der Waals surface area contributed by atoms with Gasteiger partial charge in [0.2, 0.25) is 11.8 Å². The molecule has 2 N–H and O–H groups in total. The first-order chi connectivity index (χ1) is 5.52. The van der Waals surface area contributed by atoms with E-state index in [1.165, 1.54) is 0 Å². The zero-order valence-corrected chi connectivity index (χ0v) is 7.41. The molecule has 1 aliphatic rings. The zero-order valence-electron chi connectivity index (χ0n) is 7.41. The third-order valence-electron chi connectivity index (χ3n) is 2.46. The van der Waals surface area contributed by atoms with Gasteiger partial charge in [-0.1, -0.05) is 6.92 Å². The number of carbonyl (C=O) groups is 2. The number of primary amides is 1. The lowest BCUT2D eigenvalue weighted by molar-refractivity contribution is -0.133. The average Bonchev–Trinajstić information content (AvgIpc) is 2.16. The lowest BCUT2D eigenvalue weighted by Crippen LogP contribution is -2.39. The Bertz CT molecular complexity index is 215. The Morgan fingerprint density at radius 3 is 2.58 bits per heavy atom. The van der Waals surface area contributed by atoms with Crippen LogP contribution in [0, 0.1) is 5.92 Å². The number of hydrogen-bond donors (Lipinski definition) is 1. The molecular formula is C8H14N2O2. The van der Waals surface area contributed by atoms with E-state index in [0.717, 1.165) is 0 Å². The van der Waals surface area contributed by atoms with Gasteiger partial charge in [-0.15, -0.1) is 0 Å². The van der Waals surface area contributed by atoms with Gasteiger partial charge in [0.25, 0.3) is 0 Å². The number of rotatable bonds is 2. The van der Waals surface area contributed by atoms with Crippen molar-refractivity contribution in [2.24, 2.45) is 11.7 Å². The second-order valence-electron chi connectivity index (χ2n) is 3.41. The molecule has 0 saturated carbocycles. The SMILES string of the molecule is CC1CC(=O)N(CC(N)=O)C1C. The van der Waals surface area contributed by atoms with E-state index >= 15 is 0 Å². The third kappa shape index (κ3) is 1.57. The van der Waals surface area contributed by atoms with Crippen LogP contribution in [0.5, 0.6) is 0 Å². The minimum Gasteiger partial charge on any atom is -0.368 e. The third-order valence-corrected chi connectivity index (χ3v) is 2.46. The van der Waals surface area contributed by atoms with Crippen molar-refractivity contribution in [2.45, 2.75) is 26.3 Å². The number of hydrogen-bond acceptors (Lipinski definition) is 2. The Morgan fingerprint density at radius 1 is 1.67 bits per heavy atom. The van der Waals surface area contributed by atoms with Crippen molar-refractivity contribution in [1.82, 2.24) is 4.90 Å². The van der Waals surface area contributed by atoms with Gasteiger partial charge in [-0.25, -0.2) is 0 Å². The first-order valence-corrected chi connectivity index (χ1v) is 4.10. The van der Waals surface area contributed by atoms with Gasteiger partial charge in [-0.05, 0) is 12.8 Å². The summed E-state index contributed by atoms with van der Waals surface area (Å²) in [4.78, 5) is 23.4. The molecule has 2 amide bonds. The summed E-state index contributed by atoms with van der Waals surface area (Å²) in [6.45, 7) is 4.01. The van der Waals surface area contributed by atoms with Gasteiger partial charge in [-0.2, -0.15) is 0 Å². The highest BCUT2D eigenvalue weighted by molar-refractivity contribution is 5.85.